The van der Waals surface area contributed by atoms with Gasteiger partial charge in [0.25, 0.3) is 0 Å². The van der Waals surface area contributed by atoms with Crippen LogP contribution in [-0.2, 0) is 10.7 Å². The molecule has 0 aliphatic carbocycles. The molecule has 1 aromatic carbocycles. The molecule has 0 aliphatic heterocycles. The maximum Gasteiger partial charge on any atom is 0.169 e. The molecule has 0 spiro atoms. The molecule has 0 radical (unpaired) electrons. The summed E-state index contributed by atoms with van der Waals surface area (Å²) in [4.78, 5) is 0.0579. The molecular weight excluding hydrogens is 198 g/mol. The van der Waals surface area contributed by atoms with Gasteiger partial charge in [-0.2, -0.15) is 5.26 Å². The van der Waals surface area contributed by atoms with E-state index in [-0.39, 0.29) is 4.91 Å². The molecule has 0 N–H and O–H groups in total. The van der Waals surface area contributed by atoms with Gasteiger partial charge in [-0.05, 0) is 12.5 Å². The van der Waals surface area contributed by atoms with Crippen molar-refractivity contribution in [2.75, 3.05) is 0 Å². The molecule has 0 unspecified atom stereocenters. The molecule has 0 amide bonds. The zero-order valence-corrected chi connectivity index (χ0v) is 8.49. The van der Waals surface area contributed by atoms with E-state index in [2.05, 4.69) is 0 Å². The smallest absolute Gasteiger partial charge is 0.169 e. The number of rotatable bonds is 2. The number of hydrogen-bond donors (Lipinski definition) is 1. The Kier molecular flexibility index (Phi) is 3.43. The summed E-state index contributed by atoms with van der Waals surface area (Å²) in [6.45, 7) is 1.91. The van der Waals surface area contributed by atoms with Crippen LogP contribution >= 0.6 is 0 Å². The van der Waals surface area contributed by atoms with Crippen LogP contribution in [0.5, 0.6) is 0 Å². The summed E-state index contributed by atoms with van der Waals surface area (Å²) in [6, 6.07) is 8.69. The Hall–Kier alpha value is -1.60. The highest BCUT2D eigenvalue weighted by Gasteiger charge is 2.02. The quantitative estimate of drug-likeness (QED) is 0.590. The van der Waals surface area contributed by atoms with Crippen LogP contribution in [0.3, 0.4) is 0 Å². The summed E-state index contributed by atoms with van der Waals surface area (Å²) in [6.07, 6.45) is 1.04. The van der Waals surface area contributed by atoms with Crippen molar-refractivity contribution in [2.24, 2.45) is 0 Å². The van der Waals surface area contributed by atoms with Crippen LogP contribution in [0, 0.1) is 18.3 Å². The zero-order valence-electron chi connectivity index (χ0n) is 7.60. The molecule has 0 bridgehead atoms. The Morgan fingerprint density at radius 3 is 2.36 bits per heavy atom. The second-order valence-corrected chi connectivity index (χ2v) is 3.78. The summed E-state index contributed by atoms with van der Waals surface area (Å²) >= 11 is 0. The van der Waals surface area contributed by atoms with Crippen molar-refractivity contribution >= 4 is 15.6 Å². The van der Waals surface area contributed by atoms with Gasteiger partial charge in [0, 0.05) is 6.08 Å². The van der Waals surface area contributed by atoms with Gasteiger partial charge in [0.05, 0.1) is 11.0 Å². The Balaban J connectivity index is 3.21. The third-order valence-electron chi connectivity index (χ3n) is 1.75. The fourth-order valence-corrected chi connectivity index (χ4v) is 1.55. The summed E-state index contributed by atoms with van der Waals surface area (Å²) < 4.78 is 21.6. The summed E-state index contributed by atoms with van der Waals surface area (Å²) in [5.74, 6) is 0. The van der Waals surface area contributed by atoms with E-state index in [1.807, 2.05) is 6.92 Å². The number of allylic oxidation sites excluding steroid dienone is 1. The molecule has 1 aromatic rings. The minimum Gasteiger partial charge on any atom is -0.227 e. The lowest BCUT2D eigenvalue weighted by Gasteiger charge is -1.98. The third kappa shape index (κ3) is 2.44. The molecule has 4 heteroatoms. The number of nitriles is 1. The summed E-state index contributed by atoms with van der Waals surface area (Å²) in [7, 11) is -2.72. The van der Waals surface area contributed by atoms with E-state index in [0.717, 1.165) is 11.6 Å². The van der Waals surface area contributed by atoms with Gasteiger partial charge in [0.15, 0.2) is 10.7 Å². The van der Waals surface area contributed by atoms with Crippen molar-refractivity contribution in [1.29, 1.82) is 5.26 Å². The highest BCUT2D eigenvalue weighted by molar-refractivity contribution is 7.83. The molecule has 0 aromatic heterocycles. The standard InChI is InChI=1S/C10H9NO2S/c1-8-2-4-9(5-3-8)10(6-7-11)14(12)13/h2-6,14H,1H3/b10-6-. The summed E-state index contributed by atoms with van der Waals surface area (Å²) in [5, 5.41) is 8.41. The van der Waals surface area contributed by atoms with Crippen LogP contribution in [0.2, 0.25) is 0 Å². The van der Waals surface area contributed by atoms with E-state index in [1.54, 1.807) is 30.3 Å². The first-order valence-corrected chi connectivity index (χ1v) is 5.14. The summed E-state index contributed by atoms with van der Waals surface area (Å²) in [5.41, 5.74) is 1.60. The normalized spacial score (nSPS) is 11.4. The van der Waals surface area contributed by atoms with Gasteiger partial charge >= 0.3 is 0 Å². The zero-order chi connectivity index (χ0) is 10.6. The maximum absolute atomic E-state index is 10.8. The predicted octanol–water partition coefficient (Wildman–Crippen LogP) is 1.47. The van der Waals surface area contributed by atoms with Crippen molar-refractivity contribution in [3.63, 3.8) is 0 Å². The molecule has 14 heavy (non-hydrogen) atoms. The first kappa shape index (κ1) is 10.5. The molecule has 0 heterocycles. The molecule has 1 rings (SSSR count). The van der Waals surface area contributed by atoms with Crippen molar-refractivity contribution in [2.45, 2.75) is 6.92 Å². The topological polar surface area (TPSA) is 57.9 Å². The second kappa shape index (κ2) is 4.58. The Morgan fingerprint density at radius 1 is 1.36 bits per heavy atom. The van der Waals surface area contributed by atoms with E-state index in [4.69, 9.17) is 5.26 Å². The number of benzene rings is 1. The number of thiol groups is 1. The van der Waals surface area contributed by atoms with Crippen molar-refractivity contribution in [3.8, 4) is 6.07 Å². The molecule has 0 fully saturated rings. The molecule has 0 saturated carbocycles. The van der Waals surface area contributed by atoms with E-state index in [0.29, 0.717) is 5.56 Å². The van der Waals surface area contributed by atoms with Crippen LogP contribution in [0.25, 0.3) is 4.91 Å². The van der Waals surface area contributed by atoms with Crippen molar-refractivity contribution < 1.29 is 8.42 Å². The molecule has 0 saturated heterocycles. The van der Waals surface area contributed by atoms with Gasteiger partial charge in [0.1, 0.15) is 0 Å². The fourth-order valence-electron chi connectivity index (χ4n) is 1.03. The second-order valence-electron chi connectivity index (χ2n) is 2.78. The van der Waals surface area contributed by atoms with Crippen LogP contribution in [0.4, 0.5) is 0 Å². The first-order chi connectivity index (χ1) is 6.65. The Bertz CT molecular complexity index is 456. The molecule has 3 nitrogen and oxygen atoms in total. The highest BCUT2D eigenvalue weighted by Crippen LogP contribution is 2.15. The highest BCUT2D eigenvalue weighted by atomic mass is 32.2. The Morgan fingerprint density at radius 2 is 1.93 bits per heavy atom. The lowest BCUT2D eigenvalue weighted by molar-refractivity contribution is 0.623. The van der Waals surface area contributed by atoms with Crippen LogP contribution in [0.15, 0.2) is 30.3 Å². The van der Waals surface area contributed by atoms with E-state index in [1.165, 1.54) is 0 Å². The molecule has 0 atom stereocenters. The lowest BCUT2D eigenvalue weighted by Crippen LogP contribution is -1.86. The number of nitrogens with zero attached hydrogens (tertiary/aromatic N) is 1. The fraction of sp³-hybridized carbons (Fsp3) is 0.100. The van der Waals surface area contributed by atoms with Gasteiger partial charge in [-0.3, -0.25) is 0 Å². The third-order valence-corrected chi connectivity index (χ3v) is 2.53. The predicted molar refractivity (Wildman–Crippen MR) is 55.1 cm³/mol. The van der Waals surface area contributed by atoms with Gasteiger partial charge < -0.3 is 0 Å². The van der Waals surface area contributed by atoms with E-state index in [9.17, 15) is 8.42 Å². The van der Waals surface area contributed by atoms with Gasteiger partial charge in [-0.25, -0.2) is 8.42 Å². The van der Waals surface area contributed by atoms with Gasteiger partial charge in [0.2, 0.25) is 0 Å². The average Bonchev–Trinajstić information content (AvgIpc) is 2.15. The number of aryl methyl sites for hydroxylation is 1. The van der Waals surface area contributed by atoms with Gasteiger partial charge in [-0.15, -0.1) is 0 Å². The first-order valence-electron chi connectivity index (χ1n) is 3.96. The van der Waals surface area contributed by atoms with E-state index >= 15 is 0 Å². The van der Waals surface area contributed by atoms with Crippen molar-refractivity contribution in [3.05, 3.63) is 41.5 Å². The van der Waals surface area contributed by atoms with Crippen LogP contribution in [0.1, 0.15) is 11.1 Å². The largest absolute Gasteiger partial charge is 0.227 e. The minimum absolute atomic E-state index is 0.0579. The number of hydrogen-bond acceptors (Lipinski definition) is 3. The van der Waals surface area contributed by atoms with Crippen LogP contribution in [-0.4, -0.2) is 8.42 Å². The van der Waals surface area contributed by atoms with Crippen molar-refractivity contribution in [1.82, 2.24) is 0 Å². The SMILES string of the molecule is Cc1ccc(/C(=C/C#N)[SH](=O)=O)cc1. The monoisotopic (exact) mass is 207 g/mol. The molecule has 72 valence electrons. The molecular formula is C10H9NO2S. The van der Waals surface area contributed by atoms with Crippen LogP contribution < -0.4 is 0 Å². The molecule has 0 aliphatic rings. The maximum atomic E-state index is 10.8. The van der Waals surface area contributed by atoms with Gasteiger partial charge in [-0.1, -0.05) is 29.8 Å². The van der Waals surface area contributed by atoms with E-state index < -0.39 is 10.7 Å². The lowest BCUT2D eigenvalue weighted by atomic mass is 10.1. The Labute approximate surface area is 84.3 Å². The minimum atomic E-state index is -2.72. The average molecular weight is 207 g/mol.